The Morgan fingerprint density at radius 3 is 2.75 bits per heavy atom. The van der Waals surface area contributed by atoms with Crippen molar-refractivity contribution in [2.75, 3.05) is 0 Å². The highest BCUT2D eigenvalue weighted by atomic mass is 16.3. The highest BCUT2D eigenvalue weighted by Gasteiger charge is 2.19. The molecule has 20 heavy (non-hydrogen) atoms. The lowest BCUT2D eigenvalue weighted by Gasteiger charge is -2.20. The van der Waals surface area contributed by atoms with Crippen molar-refractivity contribution in [2.24, 2.45) is 5.92 Å². The van der Waals surface area contributed by atoms with E-state index in [9.17, 15) is 4.79 Å². The SMILES string of the molecule is Cc1occc1C(=O)N[C@H](CC(C)C)c1cccnc1. The first-order valence-corrected chi connectivity index (χ1v) is 6.82. The van der Waals surface area contributed by atoms with Crippen molar-refractivity contribution in [1.29, 1.82) is 0 Å². The summed E-state index contributed by atoms with van der Waals surface area (Å²) in [6.07, 6.45) is 5.94. The first-order valence-electron chi connectivity index (χ1n) is 6.82. The zero-order valence-electron chi connectivity index (χ0n) is 12.1. The van der Waals surface area contributed by atoms with E-state index >= 15 is 0 Å². The number of carbonyl (C=O) groups excluding carboxylic acids is 1. The third-order valence-electron chi connectivity index (χ3n) is 3.20. The Labute approximate surface area is 119 Å². The van der Waals surface area contributed by atoms with Crippen molar-refractivity contribution < 1.29 is 9.21 Å². The predicted octanol–water partition coefficient (Wildman–Crippen LogP) is 3.50. The summed E-state index contributed by atoms with van der Waals surface area (Å²) in [7, 11) is 0. The van der Waals surface area contributed by atoms with Gasteiger partial charge in [-0.1, -0.05) is 19.9 Å². The molecular formula is C16H20N2O2. The first-order chi connectivity index (χ1) is 9.58. The average molecular weight is 272 g/mol. The van der Waals surface area contributed by atoms with Gasteiger partial charge in [0.25, 0.3) is 5.91 Å². The lowest BCUT2D eigenvalue weighted by Crippen LogP contribution is -2.29. The molecule has 4 heteroatoms. The number of aryl methyl sites for hydroxylation is 1. The molecule has 0 fully saturated rings. The molecule has 1 atom stereocenters. The zero-order valence-corrected chi connectivity index (χ0v) is 12.1. The molecule has 0 saturated carbocycles. The molecule has 0 aliphatic rings. The summed E-state index contributed by atoms with van der Waals surface area (Å²) in [6.45, 7) is 6.06. The Balaban J connectivity index is 2.16. The van der Waals surface area contributed by atoms with Crippen LogP contribution in [-0.2, 0) is 0 Å². The summed E-state index contributed by atoms with van der Waals surface area (Å²) in [6, 6.07) is 5.53. The molecule has 0 unspecified atom stereocenters. The third-order valence-corrected chi connectivity index (χ3v) is 3.20. The monoisotopic (exact) mass is 272 g/mol. The Hall–Kier alpha value is -2.10. The maximum absolute atomic E-state index is 12.3. The van der Waals surface area contributed by atoms with Gasteiger partial charge >= 0.3 is 0 Å². The number of rotatable bonds is 5. The van der Waals surface area contributed by atoms with Crippen LogP contribution in [0.4, 0.5) is 0 Å². The van der Waals surface area contributed by atoms with E-state index < -0.39 is 0 Å². The van der Waals surface area contributed by atoms with Gasteiger partial charge in [0.2, 0.25) is 0 Å². The normalized spacial score (nSPS) is 12.4. The summed E-state index contributed by atoms with van der Waals surface area (Å²) >= 11 is 0. The molecule has 0 radical (unpaired) electrons. The molecule has 106 valence electrons. The van der Waals surface area contributed by atoms with Crippen LogP contribution in [0.15, 0.2) is 41.3 Å². The topological polar surface area (TPSA) is 55.1 Å². The van der Waals surface area contributed by atoms with E-state index in [4.69, 9.17) is 4.42 Å². The number of nitrogens with zero attached hydrogens (tertiary/aromatic N) is 1. The van der Waals surface area contributed by atoms with Crippen LogP contribution in [0.2, 0.25) is 0 Å². The number of pyridine rings is 1. The van der Waals surface area contributed by atoms with E-state index in [1.165, 1.54) is 6.26 Å². The van der Waals surface area contributed by atoms with E-state index in [0.717, 1.165) is 12.0 Å². The molecule has 0 saturated heterocycles. The first kappa shape index (κ1) is 14.3. The van der Waals surface area contributed by atoms with Crippen molar-refractivity contribution in [3.8, 4) is 0 Å². The summed E-state index contributed by atoms with van der Waals surface area (Å²) in [4.78, 5) is 16.4. The van der Waals surface area contributed by atoms with E-state index in [0.29, 0.717) is 17.2 Å². The number of furan rings is 1. The molecule has 0 aliphatic carbocycles. The number of carbonyl (C=O) groups is 1. The number of amides is 1. The van der Waals surface area contributed by atoms with Crippen LogP contribution in [0.1, 0.15) is 48.0 Å². The molecule has 2 aromatic heterocycles. The largest absolute Gasteiger partial charge is 0.469 e. The minimum Gasteiger partial charge on any atom is -0.469 e. The third kappa shape index (κ3) is 3.47. The lowest BCUT2D eigenvalue weighted by molar-refractivity contribution is 0.0930. The molecular weight excluding hydrogens is 252 g/mol. The van der Waals surface area contributed by atoms with E-state index in [2.05, 4.69) is 24.1 Å². The molecule has 2 heterocycles. The fraction of sp³-hybridized carbons (Fsp3) is 0.375. The summed E-state index contributed by atoms with van der Waals surface area (Å²) < 4.78 is 5.18. The Morgan fingerprint density at radius 1 is 1.40 bits per heavy atom. The maximum atomic E-state index is 12.3. The number of hydrogen-bond acceptors (Lipinski definition) is 3. The van der Waals surface area contributed by atoms with Crippen LogP contribution >= 0.6 is 0 Å². The molecule has 2 rings (SSSR count). The minimum atomic E-state index is -0.106. The van der Waals surface area contributed by atoms with Crippen molar-refractivity contribution >= 4 is 5.91 Å². The van der Waals surface area contributed by atoms with Gasteiger partial charge in [-0.25, -0.2) is 0 Å². The smallest absolute Gasteiger partial charge is 0.255 e. The van der Waals surface area contributed by atoms with Crippen molar-refractivity contribution in [1.82, 2.24) is 10.3 Å². The molecule has 4 nitrogen and oxygen atoms in total. The van der Waals surface area contributed by atoms with Gasteiger partial charge in [-0.3, -0.25) is 9.78 Å². The van der Waals surface area contributed by atoms with Gasteiger partial charge in [0.05, 0.1) is 17.9 Å². The highest BCUT2D eigenvalue weighted by molar-refractivity contribution is 5.95. The Bertz CT molecular complexity index is 561. The summed E-state index contributed by atoms with van der Waals surface area (Å²) in [5.74, 6) is 1.01. The van der Waals surface area contributed by atoms with Crippen molar-refractivity contribution in [2.45, 2.75) is 33.2 Å². The quantitative estimate of drug-likeness (QED) is 0.906. The molecule has 0 aromatic carbocycles. The van der Waals surface area contributed by atoms with Crippen LogP contribution in [-0.4, -0.2) is 10.9 Å². The lowest BCUT2D eigenvalue weighted by atomic mass is 9.98. The fourth-order valence-corrected chi connectivity index (χ4v) is 2.19. The predicted molar refractivity (Wildman–Crippen MR) is 77.3 cm³/mol. The minimum absolute atomic E-state index is 0.0366. The van der Waals surface area contributed by atoms with Gasteiger partial charge in [0, 0.05) is 12.4 Å². The van der Waals surface area contributed by atoms with Gasteiger partial charge in [-0.05, 0) is 37.0 Å². The zero-order chi connectivity index (χ0) is 14.5. The highest BCUT2D eigenvalue weighted by Crippen LogP contribution is 2.21. The standard InChI is InChI=1S/C16H20N2O2/c1-11(2)9-15(13-5-4-7-17-10-13)18-16(19)14-6-8-20-12(14)3/h4-8,10-11,15H,9H2,1-3H3,(H,18,19)/t15-/m1/s1. The second-order valence-electron chi connectivity index (χ2n) is 5.33. The molecule has 1 N–H and O–H groups in total. The average Bonchev–Trinajstić information content (AvgIpc) is 2.85. The molecule has 0 bridgehead atoms. The van der Waals surface area contributed by atoms with E-state index in [1.807, 2.05) is 12.1 Å². The van der Waals surface area contributed by atoms with Crippen LogP contribution in [0.3, 0.4) is 0 Å². The van der Waals surface area contributed by atoms with Gasteiger partial charge in [-0.15, -0.1) is 0 Å². The molecule has 0 aliphatic heterocycles. The summed E-state index contributed by atoms with van der Waals surface area (Å²) in [5.41, 5.74) is 1.61. The molecule has 2 aromatic rings. The van der Waals surface area contributed by atoms with Crippen LogP contribution in [0, 0.1) is 12.8 Å². The van der Waals surface area contributed by atoms with Crippen molar-refractivity contribution in [3.05, 3.63) is 53.7 Å². The molecule has 0 spiro atoms. The van der Waals surface area contributed by atoms with E-state index in [-0.39, 0.29) is 11.9 Å². The number of aromatic nitrogens is 1. The fourth-order valence-electron chi connectivity index (χ4n) is 2.19. The number of hydrogen-bond donors (Lipinski definition) is 1. The van der Waals surface area contributed by atoms with Crippen molar-refractivity contribution in [3.63, 3.8) is 0 Å². The van der Waals surface area contributed by atoms with E-state index in [1.54, 1.807) is 25.4 Å². The van der Waals surface area contributed by atoms with Gasteiger partial charge < -0.3 is 9.73 Å². The molecule has 1 amide bonds. The summed E-state index contributed by atoms with van der Waals surface area (Å²) in [5, 5.41) is 3.07. The maximum Gasteiger partial charge on any atom is 0.255 e. The van der Waals surface area contributed by atoms with Gasteiger partial charge in [0.15, 0.2) is 0 Å². The van der Waals surface area contributed by atoms with Gasteiger partial charge in [-0.2, -0.15) is 0 Å². The Kier molecular flexibility index (Phi) is 4.56. The van der Waals surface area contributed by atoms with Crippen LogP contribution < -0.4 is 5.32 Å². The van der Waals surface area contributed by atoms with Gasteiger partial charge in [0.1, 0.15) is 5.76 Å². The van der Waals surface area contributed by atoms with Crippen LogP contribution in [0.5, 0.6) is 0 Å². The number of nitrogens with one attached hydrogen (secondary N) is 1. The second kappa shape index (κ2) is 6.37. The van der Waals surface area contributed by atoms with Crippen LogP contribution in [0.25, 0.3) is 0 Å². The Morgan fingerprint density at radius 2 is 2.20 bits per heavy atom. The second-order valence-corrected chi connectivity index (χ2v) is 5.33.